The van der Waals surface area contributed by atoms with Crippen LogP contribution in [0.4, 0.5) is 13.2 Å². The normalized spacial score (nSPS) is 15.2. The predicted molar refractivity (Wildman–Crippen MR) is 132 cm³/mol. The largest absolute Gasteiger partial charge is 0.478 e. The summed E-state index contributed by atoms with van der Waals surface area (Å²) < 4.78 is 39.0. The number of carboxylic acid groups (broad SMARTS) is 1. The van der Waals surface area contributed by atoms with E-state index in [1.807, 2.05) is 6.92 Å². The summed E-state index contributed by atoms with van der Waals surface area (Å²) in [4.78, 5) is 38.7. The van der Waals surface area contributed by atoms with E-state index in [0.29, 0.717) is 48.1 Å². The van der Waals surface area contributed by atoms with Crippen LogP contribution in [0.25, 0.3) is 22.3 Å². The molecule has 192 valence electrons. The lowest BCUT2D eigenvalue weighted by atomic mass is 9.86. The van der Waals surface area contributed by atoms with Gasteiger partial charge in [-0.1, -0.05) is 55.5 Å². The zero-order valence-corrected chi connectivity index (χ0v) is 20.0. The van der Waals surface area contributed by atoms with Gasteiger partial charge in [0.25, 0.3) is 0 Å². The molecule has 2 amide bonds. The molecule has 1 heterocycles. The Labute approximate surface area is 211 Å². The number of alkyl halides is 3. The summed E-state index contributed by atoms with van der Waals surface area (Å²) >= 11 is 0. The Balaban J connectivity index is 1.78. The van der Waals surface area contributed by atoms with Crippen molar-refractivity contribution in [2.24, 2.45) is 5.73 Å². The Bertz CT molecular complexity index is 1370. The van der Waals surface area contributed by atoms with Crippen molar-refractivity contribution in [1.29, 1.82) is 0 Å². The van der Waals surface area contributed by atoms with Crippen LogP contribution in [-0.2, 0) is 22.2 Å². The number of amides is 2. The quantitative estimate of drug-likeness (QED) is 0.461. The van der Waals surface area contributed by atoms with Crippen LogP contribution in [0.1, 0.15) is 52.9 Å². The van der Waals surface area contributed by atoms with Crippen LogP contribution in [0.5, 0.6) is 0 Å². The second kappa shape index (κ2) is 10.1. The average molecular weight is 511 g/mol. The topological polar surface area (TPSA) is 101 Å². The number of nitrogens with zero attached hydrogens (tertiary/aromatic N) is 1. The molecular formula is C28H25F3N2O4. The van der Waals surface area contributed by atoms with E-state index in [4.69, 9.17) is 5.73 Å². The smallest absolute Gasteiger partial charge is 0.416 e. The van der Waals surface area contributed by atoms with Crippen LogP contribution >= 0.6 is 0 Å². The molecule has 3 N–H and O–H groups in total. The van der Waals surface area contributed by atoms with E-state index in [0.717, 1.165) is 17.7 Å². The van der Waals surface area contributed by atoms with E-state index in [9.17, 15) is 32.7 Å². The minimum atomic E-state index is -4.50. The SMILES string of the molecule is CCCC(=O)N1CCc2cc(-c3cccc(-c4ccc(C(F)(F)F)cc4)c3C(=O)O)ccc2C1C(N)=O. The van der Waals surface area contributed by atoms with Gasteiger partial charge in [-0.2, -0.15) is 13.2 Å². The van der Waals surface area contributed by atoms with Crippen molar-refractivity contribution in [2.45, 2.75) is 38.4 Å². The molecule has 37 heavy (non-hydrogen) atoms. The minimum absolute atomic E-state index is 0.0516. The van der Waals surface area contributed by atoms with Crippen molar-refractivity contribution in [3.63, 3.8) is 0 Å². The number of carbonyl (C=O) groups is 3. The summed E-state index contributed by atoms with van der Waals surface area (Å²) in [6, 6.07) is 13.4. The standard InChI is InChI=1S/C28H25F3N2O4/c1-2-4-23(34)33-14-13-18-15-17(9-12-22(18)25(33)26(32)35)21-6-3-5-20(24(21)27(36)37)16-7-10-19(11-8-16)28(29,30)31/h3,5-12,15,25H,2,4,13-14H2,1H3,(H2,32,35)(H,36,37). The average Bonchev–Trinajstić information content (AvgIpc) is 2.86. The number of hydrogen-bond donors (Lipinski definition) is 2. The van der Waals surface area contributed by atoms with Crippen LogP contribution in [-0.4, -0.2) is 34.3 Å². The number of nitrogens with two attached hydrogens (primary N) is 1. The first-order chi connectivity index (χ1) is 17.5. The Morgan fingerprint density at radius 2 is 1.62 bits per heavy atom. The highest BCUT2D eigenvalue weighted by Crippen LogP contribution is 2.38. The van der Waals surface area contributed by atoms with Crippen molar-refractivity contribution in [3.8, 4) is 22.3 Å². The Morgan fingerprint density at radius 1 is 1.00 bits per heavy atom. The molecule has 0 bridgehead atoms. The molecule has 9 heteroatoms. The predicted octanol–water partition coefficient (Wildman–Crippen LogP) is 5.45. The van der Waals surface area contributed by atoms with Crippen LogP contribution in [0.3, 0.4) is 0 Å². The Morgan fingerprint density at radius 3 is 2.19 bits per heavy atom. The maximum atomic E-state index is 13.0. The second-order valence-electron chi connectivity index (χ2n) is 8.91. The van der Waals surface area contributed by atoms with Crippen molar-refractivity contribution >= 4 is 17.8 Å². The molecule has 0 aliphatic carbocycles. The number of hydrogen-bond acceptors (Lipinski definition) is 3. The van der Waals surface area contributed by atoms with Crippen molar-refractivity contribution in [1.82, 2.24) is 4.90 Å². The fourth-order valence-corrected chi connectivity index (χ4v) is 4.83. The molecule has 0 fully saturated rings. The van der Waals surface area contributed by atoms with Crippen LogP contribution in [0.2, 0.25) is 0 Å². The second-order valence-corrected chi connectivity index (χ2v) is 8.91. The number of aromatic carboxylic acids is 1. The lowest BCUT2D eigenvalue weighted by Gasteiger charge is -2.35. The van der Waals surface area contributed by atoms with Crippen LogP contribution in [0.15, 0.2) is 60.7 Å². The fraction of sp³-hybridized carbons (Fsp3) is 0.250. The van der Waals surface area contributed by atoms with Crippen LogP contribution < -0.4 is 5.73 Å². The highest BCUT2D eigenvalue weighted by atomic mass is 19.4. The van der Waals surface area contributed by atoms with Gasteiger partial charge in [-0.05, 0) is 58.4 Å². The van der Waals surface area contributed by atoms with Gasteiger partial charge in [0.15, 0.2) is 0 Å². The third kappa shape index (κ3) is 5.07. The monoisotopic (exact) mass is 510 g/mol. The van der Waals surface area contributed by atoms with Crippen molar-refractivity contribution in [3.05, 3.63) is 82.9 Å². The minimum Gasteiger partial charge on any atom is -0.478 e. The third-order valence-electron chi connectivity index (χ3n) is 6.54. The van der Waals surface area contributed by atoms with Gasteiger partial charge in [0.1, 0.15) is 6.04 Å². The first kappa shape index (κ1) is 25.9. The molecule has 3 aromatic carbocycles. The highest BCUT2D eigenvalue weighted by Gasteiger charge is 2.34. The van der Waals surface area contributed by atoms with E-state index in [1.54, 1.807) is 36.4 Å². The fourth-order valence-electron chi connectivity index (χ4n) is 4.83. The van der Waals surface area contributed by atoms with E-state index in [1.165, 1.54) is 17.0 Å². The highest BCUT2D eigenvalue weighted by molar-refractivity contribution is 6.03. The first-order valence-corrected chi connectivity index (χ1v) is 11.8. The van der Waals surface area contributed by atoms with Gasteiger partial charge >= 0.3 is 12.1 Å². The van der Waals surface area contributed by atoms with Gasteiger partial charge in [-0.3, -0.25) is 9.59 Å². The van der Waals surface area contributed by atoms with Gasteiger partial charge in [-0.15, -0.1) is 0 Å². The van der Waals surface area contributed by atoms with Crippen molar-refractivity contribution in [2.75, 3.05) is 6.54 Å². The molecule has 0 saturated heterocycles. The number of halogens is 3. The molecule has 6 nitrogen and oxygen atoms in total. The molecule has 1 atom stereocenters. The zero-order chi connectivity index (χ0) is 26.9. The molecule has 1 unspecified atom stereocenters. The lowest BCUT2D eigenvalue weighted by molar-refractivity contribution is -0.140. The number of carboxylic acids is 1. The van der Waals surface area contributed by atoms with Gasteiger partial charge in [0.2, 0.25) is 11.8 Å². The number of rotatable bonds is 6. The summed E-state index contributed by atoms with van der Waals surface area (Å²) in [7, 11) is 0. The number of carbonyl (C=O) groups excluding carboxylic acids is 2. The summed E-state index contributed by atoms with van der Waals surface area (Å²) in [5.74, 6) is -2.03. The van der Waals surface area contributed by atoms with E-state index in [-0.39, 0.29) is 17.0 Å². The van der Waals surface area contributed by atoms with Gasteiger partial charge < -0.3 is 15.7 Å². The third-order valence-corrected chi connectivity index (χ3v) is 6.54. The first-order valence-electron chi connectivity index (χ1n) is 11.8. The van der Waals surface area contributed by atoms with E-state index >= 15 is 0 Å². The maximum Gasteiger partial charge on any atom is 0.416 e. The van der Waals surface area contributed by atoms with Crippen LogP contribution in [0, 0.1) is 0 Å². The van der Waals surface area contributed by atoms with Gasteiger partial charge in [0, 0.05) is 13.0 Å². The van der Waals surface area contributed by atoms with Gasteiger partial charge in [0.05, 0.1) is 11.1 Å². The lowest BCUT2D eigenvalue weighted by Crippen LogP contribution is -2.45. The molecule has 0 saturated carbocycles. The summed E-state index contributed by atoms with van der Waals surface area (Å²) in [5, 5.41) is 10.1. The van der Waals surface area contributed by atoms with E-state index < -0.39 is 29.7 Å². The summed E-state index contributed by atoms with van der Waals surface area (Å²) in [5.41, 5.74) is 7.73. The molecule has 1 aliphatic heterocycles. The zero-order valence-electron chi connectivity index (χ0n) is 20.0. The summed E-state index contributed by atoms with van der Waals surface area (Å²) in [6.45, 7) is 2.18. The molecule has 4 rings (SSSR count). The number of primary amides is 1. The van der Waals surface area contributed by atoms with E-state index in [2.05, 4.69) is 0 Å². The molecule has 0 radical (unpaired) electrons. The number of benzene rings is 3. The summed E-state index contributed by atoms with van der Waals surface area (Å²) in [6.07, 6.45) is -3.10. The molecule has 0 spiro atoms. The molecular weight excluding hydrogens is 485 g/mol. The number of fused-ring (bicyclic) bond motifs is 1. The van der Waals surface area contributed by atoms with Gasteiger partial charge in [-0.25, -0.2) is 4.79 Å². The Hall–Kier alpha value is -4.14. The molecule has 1 aliphatic rings. The Kier molecular flexibility index (Phi) is 7.07. The maximum absolute atomic E-state index is 13.0. The molecule has 3 aromatic rings. The molecule has 0 aromatic heterocycles. The van der Waals surface area contributed by atoms with Crippen molar-refractivity contribution < 1.29 is 32.7 Å².